The number of rotatable bonds is 8. The summed E-state index contributed by atoms with van der Waals surface area (Å²) in [6.07, 6.45) is 4.65. The number of oxazole rings is 1. The Labute approximate surface area is 176 Å². The third-order valence-electron chi connectivity index (χ3n) is 5.45. The van der Waals surface area contributed by atoms with E-state index >= 15 is 0 Å². The van der Waals surface area contributed by atoms with Crippen molar-refractivity contribution >= 4 is 21.8 Å². The fraction of sp³-hybridized carbons (Fsp3) is 0.476. The van der Waals surface area contributed by atoms with Crippen molar-refractivity contribution < 1.29 is 27.2 Å². The van der Waals surface area contributed by atoms with Gasteiger partial charge < -0.3 is 9.15 Å². The maximum Gasteiger partial charge on any atom is 0.312 e. The molecule has 162 valence electrons. The molecule has 8 nitrogen and oxygen atoms in total. The van der Waals surface area contributed by atoms with Crippen LogP contribution in [0.5, 0.6) is 0 Å². The van der Waals surface area contributed by atoms with E-state index in [4.69, 9.17) is 9.15 Å². The molecule has 9 heteroatoms. The summed E-state index contributed by atoms with van der Waals surface area (Å²) in [7, 11) is -3.71. The van der Waals surface area contributed by atoms with Gasteiger partial charge in [0.15, 0.2) is 6.39 Å². The standard InChI is InChI=1S/C21H26N2O6S/c1-3-29-20(25)21(12-15(2)24)10-8-17(9-11-21)23-30(26,27)18-6-4-16(5-7-18)19-13-28-14-22-19/h4-7,13-14,17,23H,3,8-12H2,1-2H3. The van der Waals surface area contributed by atoms with Gasteiger partial charge in [-0.1, -0.05) is 12.1 Å². The molecule has 1 aliphatic rings. The summed E-state index contributed by atoms with van der Waals surface area (Å²) < 4.78 is 38.4. The Morgan fingerprint density at radius 1 is 1.23 bits per heavy atom. The van der Waals surface area contributed by atoms with Crippen LogP contribution in [0.1, 0.15) is 46.0 Å². The number of benzene rings is 1. The number of carbonyl (C=O) groups is 2. The van der Waals surface area contributed by atoms with E-state index in [0.29, 0.717) is 31.4 Å². The fourth-order valence-corrected chi connectivity index (χ4v) is 5.25. The van der Waals surface area contributed by atoms with Crippen molar-refractivity contribution in [1.29, 1.82) is 0 Å². The van der Waals surface area contributed by atoms with E-state index in [-0.39, 0.29) is 35.7 Å². The molecule has 30 heavy (non-hydrogen) atoms. The van der Waals surface area contributed by atoms with E-state index in [1.807, 2.05) is 0 Å². The summed E-state index contributed by atoms with van der Waals surface area (Å²) in [6, 6.07) is 6.08. The molecule has 0 spiro atoms. The molecule has 1 N–H and O–H groups in total. The zero-order valence-corrected chi connectivity index (χ0v) is 17.9. The van der Waals surface area contributed by atoms with Gasteiger partial charge in [-0.3, -0.25) is 9.59 Å². The number of ether oxygens (including phenoxy) is 1. The molecular formula is C21H26N2O6S. The summed E-state index contributed by atoms with van der Waals surface area (Å²) in [6.45, 7) is 3.43. The minimum atomic E-state index is -3.71. The van der Waals surface area contributed by atoms with Gasteiger partial charge >= 0.3 is 5.97 Å². The third kappa shape index (κ3) is 4.96. The average molecular weight is 435 g/mol. The highest BCUT2D eigenvalue weighted by Crippen LogP contribution is 2.41. The predicted octanol–water partition coefficient (Wildman–Crippen LogP) is 3.09. The van der Waals surface area contributed by atoms with E-state index in [9.17, 15) is 18.0 Å². The Morgan fingerprint density at radius 3 is 2.43 bits per heavy atom. The second-order valence-corrected chi connectivity index (χ2v) is 9.39. The molecule has 0 atom stereocenters. The predicted molar refractivity (Wildman–Crippen MR) is 109 cm³/mol. The van der Waals surface area contributed by atoms with Crippen LogP contribution < -0.4 is 4.72 Å². The molecule has 1 saturated carbocycles. The van der Waals surface area contributed by atoms with Crippen molar-refractivity contribution in [3.8, 4) is 11.3 Å². The first kappa shape index (κ1) is 22.2. The average Bonchev–Trinajstić information content (AvgIpc) is 3.24. The lowest BCUT2D eigenvalue weighted by molar-refractivity contribution is -0.160. The summed E-state index contributed by atoms with van der Waals surface area (Å²) in [5, 5.41) is 0. The van der Waals surface area contributed by atoms with Crippen LogP contribution in [0.3, 0.4) is 0 Å². The lowest BCUT2D eigenvalue weighted by Crippen LogP contribution is -2.44. The minimum Gasteiger partial charge on any atom is -0.466 e. The van der Waals surface area contributed by atoms with Crippen molar-refractivity contribution in [1.82, 2.24) is 9.71 Å². The van der Waals surface area contributed by atoms with Gasteiger partial charge in [0, 0.05) is 18.0 Å². The number of hydrogen-bond acceptors (Lipinski definition) is 7. The number of nitrogens with zero attached hydrogens (tertiary/aromatic N) is 1. The number of hydrogen-bond donors (Lipinski definition) is 1. The van der Waals surface area contributed by atoms with Crippen LogP contribution in [0.25, 0.3) is 11.3 Å². The van der Waals surface area contributed by atoms with E-state index in [2.05, 4.69) is 9.71 Å². The molecule has 0 unspecified atom stereocenters. The smallest absolute Gasteiger partial charge is 0.312 e. The topological polar surface area (TPSA) is 116 Å². The van der Waals surface area contributed by atoms with Crippen LogP contribution in [0.2, 0.25) is 0 Å². The molecule has 1 aromatic heterocycles. The van der Waals surface area contributed by atoms with E-state index in [1.165, 1.54) is 31.7 Å². The third-order valence-corrected chi connectivity index (χ3v) is 6.99. The first-order valence-electron chi connectivity index (χ1n) is 9.93. The van der Waals surface area contributed by atoms with E-state index < -0.39 is 15.4 Å². The molecule has 0 aliphatic heterocycles. The molecule has 1 aromatic carbocycles. The van der Waals surface area contributed by atoms with Crippen molar-refractivity contribution in [3.63, 3.8) is 0 Å². The SMILES string of the molecule is CCOC(=O)C1(CC(C)=O)CCC(NS(=O)(=O)c2ccc(-c3cocn3)cc2)CC1. The second kappa shape index (κ2) is 9.09. The first-order chi connectivity index (χ1) is 14.3. The largest absolute Gasteiger partial charge is 0.466 e. The Morgan fingerprint density at radius 2 is 1.90 bits per heavy atom. The highest BCUT2D eigenvalue weighted by Gasteiger charge is 2.44. The van der Waals surface area contributed by atoms with Gasteiger partial charge in [-0.2, -0.15) is 0 Å². The van der Waals surface area contributed by atoms with E-state index in [1.54, 1.807) is 19.1 Å². The molecule has 2 aromatic rings. The van der Waals surface area contributed by atoms with Crippen LogP contribution in [0.15, 0.2) is 46.2 Å². The van der Waals surface area contributed by atoms with Crippen LogP contribution >= 0.6 is 0 Å². The van der Waals surface area contributed by atoms with E-state index in [0.717, 1.165) is 5.56 Å². The zero-order valence-electron chi connectivity index (χ0n) is 17.1. The van der Waals surface area contributed by atoms with Crippen LogP contribution in [-0.2, 0) is 24.3 Å². The summed E-state index contributed by atoms with van der Waals surface area (Å²) in [5.74, 6) is -0.445. The van der Waals surface area contributed by atoms with Crippen molar-refractivity contribution in [2.45, 2.75) is 56.9 Å². The Hall–Kier alpha value is -2.52. The van der Waals surface area contributed by atoms with Crippen LogP contribution in [0, 0.1) is 5.41 Å². The highest BCUT2D eigenvalue weighted by molar-refractivity contribution is 7.89. The first-order valence-corrected chi connectivity index (χ1v) is 11.4. The normalized spacial score (nSPS) is 21.9. The van der Waals surface area contributed by atoms with Crippen LogP contribution in [0.4, 0.5) is 0 Å². The van der Waals surface area contributed by atoms with Gasteiger partial charge in [0.25, 0.3) is 0 Å². The fourth-order valence-electron chi connectivity index (χ4n) is 3.95. The summed E-state index contributed by atoms with van der Waals surface area (Å²) in [5.41, 5.74) is 0.520. The van der Waals surface area contributed by atoms with Gasteiger partial charge in [-0.05, 0) is 51.7 Å². The second-order valence-electron chi connectivity index (χ2n) is 7.67. The molecular weight excluding hydrogens is 408 g/mol. The molecule has 0 saturated heterocycles. The molecule has 1 fully saturated rings. The Balaban J connectivity index is 1.67. The lowest BCUT2D eigenvalue weighted by atomic mass is 9.70. The van der Waals surface area contributed by atoms with Crippen molar-refractivity contribution in [2.24, 2.45) is 5.41 Å². The molecule has 0 bridgehead atoms. The Bertz CT molecular complexity index is 975. The number of nitrogens with one attached hydrogen (secondary N) is 1. The molecule has 1 heterocycles. The van der Waals surface area contributed by atoms with Gasteiger partial charge in [0.2, 0.25) is 10.0 Å². The number of Topliss-reactive ketones (excluding diaryl/α,β-unsaturated/α-hetero) is 1. The Kier molecular flexibility index (Phi) is 6.72. The monoisotopic (exact) mass is 434 g/mol. The lowest BCUT2D eigenvalue weighted by Gasteiger charge is -2.37. The van der Waals surface area contributed by atoms with Gasteiger partial charge in [-0.25, -0.2) is 18.1 Å². The quantitative estimate of drug-likeness (QED) is 0.635. The summed E-state index contributed by atoms with van der Waals surface area (Å²) in [4.78, 5) is 28.4. The number of aromatic nitrogens is 1. The van der Waals surface area contributed by atoms with Gasteiger partial charge in [-0.15, -0.1) is 0 Å². The van der Waals surface area contributed by atoms with Gasteiger partial charge in [0.1, 0.15) is 17.7 Å². The molecule has 1 aliphatic carbocycles. The highest BCUT2D eigenvalue weighted by atomic mass is 32.2. The minimum absolute atomic E-state index is 0.0747. The maximum atomic E-state index is 12.8. The van der Waals surface area contributed by atoms with Gasteiger partial charge in [0.05, 0.1) is 16.9 Å². The maximum absolute atomic E-state index is 12.8. The molecule has 0 radical (unpaired) electrons. The summed E-state index contributed by atoms with van der Waals surface area (Å²) >= 11 is 0. The number of ketones is 1. The van der Waals surface area contributed by atoms with Crippen molar-refractivity contribution in [3.05, 3.63) is 36.9 Å². The van der Waals surface area contributed by atoms with Crippen LogP contribution in [-0.4, -0.2) is 37.8 Å². The molecule has 0 amide bonds. The molecule has 3 rings (SSSR count). The number of carbonyl (C=O) groups excluding carboxylic acids is 2. The zero-order chi connectivity index (χ0) is 21.8. The van der Waals surface area contributed by atoms with Crippen molar-refractivity contribution in [2.75, 3.05) is 6.61 Å². The number of sulfonamides is 1. The number of esters is 1.